The molecule has 62 valence electrons. The lowest BCUT2D eigenvalue weighted by atomic mass is 10.2. The van der Waals surface area contributed by atoms with Crippen molar-refractivity contribution in [2.75, 3.05) is 5.73 Å². The quantitative estimate of drug-likeness (QED) is 0.619. The summed E-state index contributed by atoms with van der Waals surface area (Å²) in [5.74, 6) is 0.583. The Labute approximate surface area is 71.2 Å². The number of nitrogens with two attached hydrogens (primary N) is 1. The molecule has 0 spiro atoms. The molecule has 1 aromatic heterocycles. The van der Waals surface area contributed by atoms with Crippen molar-refractivity contribution in [1.29, 1.82) is 0 Å². The van der Waals surface area contributed by atoms with Gasteiger partial charge in [0.15, 0.2) is 0 Å². The van der Waals surface area contributed by atoms with Crippen LogP contribution in [0.3, 0.4) is 0 Å². The van der Waals surface area contributed by atoms with E-state index in [0.717, 1.165) is 17.8 Å². The van der Waals surface area contributed by atoms with Gasteiger partial charge in [0.1, 0.15) is 0 Å². The zero-order valence-corrected chi connectivity index (χ0v) is 6.99. The third-order valence-corrected chi connectivity index (χ3v) is 2.06. The molecule has 0 bridgehead atoms. The van der Waals surface area contributed by atoms with Crippen molar-refractivity contribution in [3.63, 3.8) is 0 Å². The summed E-state index contributed by atoms with van der Waals surface area (Å²) >= 11 is 0. The van der Waals surface area contributed by atoms with Gasteiger partial charge in [0, 0.05) is 13.5 Å². The smallest absolute Gasteiger partial charge is 0.200 e. The second-order valence-corrected chi connectivity index (χ2v) is 2.85. The van der Waals surface area contributed by atoms with Crippen LogP contribution in [0.1, 0.15) is 11.4 Å². The van der Waals surface area contributed by atoms with Crippen LogP contribution in [-0.4, -0.2) is 9.55 Å². The summed E-state index contributed by atoms with van der Waals surface area (Å²) in [5, 5.41) is 0. The van der Waals surface area contributed by atoms with Gasteiger partial charge in [-0.3, -0.25) is 0 Å². The average molecular weight is 161 g/mol. The van der Waals surface area contributed by atoms with Gasteiger partial charge in [-0.2, -0.15) is 0 Å². The molecule has 0 aliphatic heterocycles. The number of allylic oxidation sites excluding steroid dienone is 3. The summed E-state index contributed by atoms with van der Waals surface area (Å²) in [4.78, 5) is 4.25. The monoisotopic (exact) mass is 161 g/mol. The second-order valence-electron chi connectivity index (χ2n) is 2.85. The van der Waals surface area contributed by atoms with E-state index < -0.39 is 0 Å². The first kappa shape index (κ1) is 7.16. The molecule has 0 saturated heterocycles. The van der Waals surface area contributed by atoms with Crippen LogP contribution in [0, 0.1) is 0 Å². The predicted octanol–water partition coefficient (Wildman–Crippen LogP) is 1.13. The molecule has 1 heterocycles. The Kier molecular flexibility index (Phi) is 1.50. The fourth-order valence-corrected chi connectivity index (χ4v) is 1.35. The molecule has 12 heavy (non-hydrogen) atoms. The molecule has 1 aliphatic carbocycles. The highest BCUT2D eigenvalue weighted by atomic mass is 15.1. The van der Waals surface area contributed by atoms with Crippen molar-refractivity contribution >= 4 is 12.0 Å². The molecule has 0 amide bonds. The number of nitrogens with zero attached hydrogens (tertiary/aromatic N) is 2. The summed E-state index contributed by atoms with van der Waals surface area (Å²) in [6.07, 6.45) is 9.01. The van der Waals surface area contributed by atoms with Crippen LogP contribution >= 0.6 is 0 Å². The first-order valence-electron chi connectivity index (χ1n) is 3.93. The van der Waals surface area contributed by atoms with E-state index in [-0.39, 0.29) is 0 Å². The molecule has 0 radical (unpaired) electrons. The number of anilines is 1. The number of nitrogen functional groups attached to an aromatic ring is 1. The maximum Gasteiger partial charge on any atom is 0.200 e. The van der Waals surface area contributed by atoms with Crippen molar-refractivity contribution in [3.05, 3.63) is 29.6 Å². The van der Waals surface area contributed by atoms with E-state index >= 15 is 0 Å². The fourth-order valence-electron chi connectivity index (χ4n) is 1.35. The molecule has 0 aromatic carbocycles. The molecule has 0 atom stereocenters. The lowest BCUT2D eigenvalue weighted by molar-refractivity contribution is 0.916. The largest absolute Gasteiger partial charge is 0.369 e. The minimum atomic E-state index is 0.583. The van der Waals surface area contributed by atoms with E-state index in [4.69, 9.17) is 5.73 Å². The Balaban J connectivity index is 2.59. The number of fused-ring (bicyclic) bond motifs is 1. The third kappa shape index (κ3) is 0.942. The van der Waals surface area contributed by atoms with Crippen LogP contribution in [-0.2, 0) is 13.5 Å². The topological polar surface area (TPSA) is 43.8 Å². The van der Waals surface area contributed by atoms with E-state index in [2.05, 4.69) is 11.1 Å². The summed E-state index contributed by atoms with van der Waals surface area (Å²) in [6.45, 7) is 0. The summed E-state index contributed by atoms with van der Waals surface area (Å²) < 4.78 is 1.90. The Morgan fingerprint density at radius 2 is 2.33 bits per heavy atom. The first-order chi connectivity index (χ1) is 5.79. The number of hydrogen-bond donors (Lipinski definition) is 1. The molecule has 0 saturated carbocycles. The molecule has 1 aliphatic rings. The van der Waals surface area contributed by atoms with E-state index in [0.29, 0.717) is 5.95 Å². The summed E-state index contributed by atoms with van der Waals surface area (Å²) in [5.41, 5.74) is 7.83. The highest BCUT2D eigenvalue weighted by molar-refractivity contribution is 5.55. The third-order valence-electron chi connectivity index (χ3n) is 2.06. The van der Waals surface area contributed by atoms with Crippen LogP contribution < -0.4 is 5.73 Å². The van der Waals surface area contributed by atoms with Gasteiger partial charge in [-0.05, 0) is 6.08 Å². The van der Waals surface area contributed by atoms with Gasteiger partial charge in [0.2, 0.25) is 5.95 Å². The highest BCUT2D eigenvalue weighted by Gasteiger charge is 2.09. The molecular formula is C9H11N3. The van der Waals surface area contributed by atoms with Gasteiger partial charge < -0.3 is 10.3 Å². The Morgan fingerprint density at radius 3 is 3.17 bits per heavy atom. The van der Waals surface area contributed by atoms with Gasteiger partial charge in [-0.15, -0.1) is 0 Å². The molecule has 3 heteroatoms. The number of aromatic nitrogens is 2. The minimum absolute atomic E-state index is 0.583. The number of rotatable bonds is 0. The van der Waals surface area contributed by atoms with Crippen molar-refractivity contribution in [1.82, 2.24) is 9.55 Å². The normalized spacial score (nSPS) is 14.4. The zero-order chi connectivity index (χ0) is 8.55. The van der Waals surface area contributed by atoms with Crippen molar-refractivity contribution in [2.24, 2.45) is 7.05 Å². The number of hydrogen-bond acceptors (Lipinski definition) is 2. The molecule has 0 fully saturated rings. The second kappa shape index (κ2) is 2.52. The molecule has 2 rings (SSSR count). The van der Waals surface area contributed by atoms with Crippen molar-refractivity contribution in [2.45, 2.75) is 6.42 Å². The van der Waals surface area contributed by atoms with Crippen LogP contribution in [0.25, 0.3) is 6.08 Å². The SMILES string of the molecule is Cn1c(N)nc2c1C=CC=CC2. The molecule has 1 aromatic rings. The lowest BCUT2D eigenvalue weighted by Crippen LogP contribution is -1.98. The minimum Gasteiger partial charge on any atom is -0.369 e. The van der Waals surface area contributed by atoms with Gasteiger partial charge >= 0.3 is 0 Å². The van der Waals surface area contributed by atoms with E-state index in [1.165, 1.54) is 0 Å². The Morgan fingerprint density at radius 1 is 1.50 bits per heavy atom. The molecule has 2 N–H and O–H groups in total. The predicted molar refractivity (Wildman–Crippen MR) is 49.5 cm³/mol. The zero-order valence-electron chi connectivity index (χ0n) is 6.99. The van der Waals surface area contributed by atoms with Crippen LogP contribution in [0.4, 0.5) is 5.95 Å². The van der Waals surface area contributed by atoms with Crippen LogP contribution in [0.15, 0.2) is 18.2 Å². The molecular weight excluding hydrogens is 150 g/mol. The van der Waals surface area contributed by atoms with E-state index in [9.17, 15) is 0 Å². The van der Waals surface area contributed by atoms with Crippen LogP contribution in [0.5, 0.6) is 0 Å². The fraction of sp³-hybridized carbons (Fsp3) is 0.222. The Hall–Kier alpha value is -1.51. The van der Waals surface area contributed by atoms with Gasteiger partial charge in [0.05, 0.1) is 11.4 Å². The molecule has 0 unspecified atom stereocenters. The summed E-state index contributed by atoms with van der Waals surface area (Å²) in [6, 6.07) is 0. The maximum absolute atomic E-state index is 5.67. The first-order valence-corrected chi connectivity index (χ1v) is 3.93. The maximum atomic E-state index is 5.67. The average Bonchev–Trinajstić information content (AvgIpc) is 2.30. The lowest BCUT2D eigenvalue weighted by Gasteiger charge is -1.97. The number of imidazole rings is 1. The highest BCUT2D eigenvalue weighted by Crippen LogP contribution is 2.16. The summed E-state index contributed by atoms with van der Waals surface area (Å²) in [7, 11) is 1.93. The molecule has 3 nitrogen and oxygen atoms in total. The van der Waals surface area contributed by atoms with Crippen molar-refractivity contribution < 1.29 is 0 Å². The Bertz CT molecular complexity index is 358. The van der Waals surface area contributed by atoms with E-state index in [1.54, 1.807) is 0 Å². The van der Waals surface area contributed by atoms with Crippen molar-refractivity contribution in [3.8, 4) is 0 Å². The van der Waals surface area contributed by atoms with Crippen LogP contribution in [0.2, 0.25) is 0 Å². The van der Waals surface area contributed by atoms with Gasteiger partial charge in [-0.1, -0.05) is 18.2 Å². The van der Waals surface area contributed by atoms with Gasteiger partial charge in [0.25, 0.3) is 0 Å². The standard InChI is InChI=1S/C9H11N3/c1-12-8-6-4-2-3-5-7(8)11-9(12)10/h2-4,6H,5H2,1H3,(H2,10,11). The van der Waals surface area contributed by atoms with Gasteiger partial charge in [-0.25, -0.2) is 4.98 Å². The van der Waals surface area contributed by atoms with E-state index in [1.807, 2.05) is 29.8 Å².